The SMILES string of the molecule is C=C/C=C(\C)C#Cc1ccc(CO)cc1. The van der Waals surface area contributed by atoms with E-state index in [0.29, 0.717) is 0 Å². The summed E-state index contributed by atoms with van der Waals surface area (Å²) in [4.78, 5) is 0. The van der Waals surface area contributed by atoms with Crippen LogP contribution >= 0.6 is 0 Å². The summed E-state index contributed by atoms with van der Waals surface area (Å²) in [6, 6.07) is 7.55. The van der Waals surface area contributed by atoms with Gasteiger partial charge in [0.15, 0.2) is 0 Å². The highest BCUT2D eigenvalue weighted by Gasteiger charge is 1.89. The molecule has 0 spiro atoms. The molecule has 0 amide bonds. The van der Waals surface area contributed by atoms with Gasteiger partial charge in [-0.1, -0.05) is 42.7 Å². The van der Waals surface area contributed by atoms with Crippen LogP contribution in [0.15, 0.2) is 48.6 Å². The molecule has 0 aliphatic heterocycles. The van der Waals surface area contributed by atoms with Gasteiger partial charge in [-0.05, 0) is 30.2 Å². The Bertz CT molecular complexity index is 413. The van der Waals surface area contributed by atoms with E-state index in [1.165, 1.54) is 0 Å². The van der Waals surface area contributed by atoms with E-state index in [4.69, 9.17) is 5.11 Å². The number of allylic oxidation sites excluding steroid dienone is 3. The molecule has 15 heavy (non-hydrogen) atoms. The average molecular weight is 198 g/mol. The smallest absolute Gasteiger partial charge is 0.0681 e. The Labute approximate surface area is 90.8 Å². The van der Waals surface area contributed by atoms with Crippen molar-refractivity contribution in [1.82, 2.24) is 0 Å². The summed E-state index contributed by atoms with van der Waals surface area (Å²) in [5.74, 6) is 6.05. The summed E-state index contributed by atoms with van der Waals surface area (Å²) in [5.41, 5.74) is 2.83. The van der Waals surface area contributed by atoms with Gasteiger partial charge in [-0.3, -0.25) is 0 Å². The molecule has 0 unspecified atom stereocenters. The zero-order chi connectivity index (χ0) is 11.1. The van der Waals surface area contributed by atoms with E-state index in [9.17, 15) is 0 Å². The Balaban J connectivity index is 2.80. The first kappa shape index (κ1) is 11.3. The predicted octanol–water partition coefficient (Wildman–Crippen LogP) is 2.66. The molecule has 0 radical (unpaired) electrons. The number of hydrogen-bond acceptors (Lipinski definition) is 1. The Hall–Kier alpha value is -1.78. The summed E-state index contributed by atoms with van der Waals surface area (Å²) in [5, 5.41) is 8.86. The maximum absolute atomic E-state index is 8.86. The Kier molecular flexibility index (Phi) is 4.40. The van der Waals surface area contributed by atoms with Gasteiger partial charge in [0.2, 0.25) is 0 Å². The number of rotatable bonds is 2. The van der Waals surface area contributed by atoms with Crippen LogP contribution in [-0.4, -0.2) is 5.11 Å². The van der Waals surface area contributed by atoms with Gasteiger partial charge in [0.05, 0.1) is 6.61 Å². The molecule has 0 fully saturated rings. The minimum absolute atomic E-state index is 0.0725. The summed E-state index contributed by atoms with van der Waals surface area (Å²) in [6.45, 7) is 5.62. The zero-order valence-corrected chi connectivity index (χ0v) is 8.83. The third kappa shape index (κ3) is 3.84. The van der Waals surface area contributed by atoms with Crippen molar-refractivity contribution in [2.45, 2.75) is 13.5 Å². The standard InChI is InChI=1S/C14H14O/c1-3-4-12(2)5-6-13-7-9-14(11-15)10-8-13/h3-4,7-10,15H,1,11H2,2H3/b12-4+. The molecule has 0 saturated heterocycles. The van der Waals surface area contributed by atoms with Crippen LogP contribution in [0.25, 0.3) is 0 Å². The van der Waals surface area contributed by atoms with Crippen molar-refractivity contribution in [1.29, 1.82) is 0 Å². The van der Waals surface area contributed by atoms with Crippen molar-refractivity contribution in [3.8, 4) is 11.8 Å². The van der Waals surface area contributed by atoms with Gasteiger partial charge in [-0.2, -0.15) is 0 Å². The summed E-state index contributed by atoms with van der Waals surface area (Å²) < 4.78 is 0. The highest BCUT2D eigenvalue weighted by molar-refractivity contribution is 5.41. The molecule has 0 bridgehead atoms. The molecule has 1 rings (SSSR count). The second-order valence-corrected chi connectivity index (χ2v) is 3.19. The van der Waals surface area contributed by atoms with Crippen molar-refractivity contribution in [2.75, 3.05) is 0 Å². The fourth-order valence-electron chi connectivity index (χ4n) is 1.08. The maximum atomic E-state index is 8.86. The zero-order valence-electron chi connectivity index (χ0n) is 8.83. The molecule has 0 aromatic heterocycles. The fraction of sp³-hybridized carbons (Fsp3) is 0.143. The summed E-state index contributed by atoms with van der Waals surface area (Å²) in [6.07, 6.45) is 3.59. The van der Waals surface area contributed by atoms with E-state index in [1.807, 2.05) is 37.3 Å². The first-order chi connectivity index (χ1) is 7.26. The lowest BCUT2D eigenvalue weighted by molar-refractivity contribution is 0.282. The van der Waals surface area contributed by atoms with Gasteiger partial charge >= 0.3 is 0 Å². The molecular weight excluding hydrogens is 184 g/mol. The molecule has 0 aliphatic rings. The van der Waals surface area contributed by atoms with E-state index in [2.05, 4.69) is 18.4 Å². The first-order valence-corrected chi connectivity index (χ1v) is 4.77. The van der Waals surface area contributed by atoms with Crippen molar-refractivity contribution in [3.63, 3.8) is 0 Å². The molecule has 1 nitrogen and oxygen atoms in total. The van der Waals surface area contributed by atoms with Crippen LogP contribution in [0.2, 0.25) is 0 Å². The lowest BCUT2D eigenvalue weighted by atomic mass is 10.1. The Morgan fingerprint density at radius 2 is 2.07 bits per heavy atom. The number of aliphatic hydroxyl groups excluding tert-OH is 1. The van der Waals surface area contributed by atoms with Crippen molar-refractivity contribution >= 4 is 0 Å². The van der Waals surface area contributed by atoms with Gasteiger partial charge in [0.1, 0.15) is 0 Å². The highest BCUT2D eigenvalue weighted by Crippen LogP contribution is 2.03. The second kappa shape index (κ2) is 5.85. The van der Waals surface area contributed by atoms with Gasteiger partial charge in [-0.25, -0.2) is 0 Å². The van der Waals surface area contributed by atoms with Gasteiger partial charge in [0.25, 0.3) is 0 Å². The molecule has 76 valence electrons. The Morgan fingerprint density at radius 1 is 1.40 bits per heavy atom. The molecule has 1 aromatic carbocycles. The number of hydrogen-bond donors (Lipinski definition) is 1. The van der Waals surface area contributed by atoms with Crippen LogP contribution in [0.5, 0.6) is 0 Å². The van der Waals surface area contributed by atoms with Crippen molar-refractivity contribution in [3.05, 3.63) is 59.7 Å². The summed E-state index contributed by atoms with van der Waals surface area (Å²) >= 11 is 0. The normalized spacial score (nSPS) is 10.4. The lowest BCUT2D eigenvalue weighted by Gasteiger charge is -1.94. The molecular formula is C14H14O. The second-order valence-electron chi connectivity index (χ2n) is 3.19. The van der Waals surface area contributed by atoms with Crippen LogP contribution in [0.4, 0.5) is 0 Å². The third-order valence-electron chi connectivity index (χ3n) is 1.91. The molecule has 1 N–H and O–H groups in total. The highest BCUT2D eigenvalue weighted by atomic mass is 16.3. The summed E-state index contributed by atoms with van der Waals surface area (Å²) in [7, 11) is 0. The van der Waals surface area contributed by atoms with Gasteiger partial charge < -0.3 is 5.11 Å². The lowest BCUT2D eigenvalue weighted by Crippen LogP contribution is -1.82. The van der Waals surface area contributed by atoms with Crippen LogP contribution in [-0.2, 0) is 6.61 Å². The predicted molar refractivity (Wildman–Crippen MR) is 63.2 cm³/mol. The molecule has 0 atom stereocenters. The van der Waals surface area contributed by atoms with E-state index in [-0.39, 0.29) is 6.61 Å². The van der Waals surface area contributed by atoms with Crippen LogP contribution < -0.4 is 0 Å². The molecule has 1 heteroatoms. The minimum Gasteiger partial charge on any atom is -0.392 e. The maximum Gasteiger partial charge on any atom is 0.0681 e. The van der Waals surface area contributed by atoms with Crippen LogP contribution in [0.1, 0.15) is 18.1 Å². The van der Waals surface area contributed by atoms with E-state index in [0.717, 1.165) is 16.7 Å². The molecule has 1 aromatic rings. The average Bonchev–Trinajstić information content (AvgIpc) is 2.27. The molecule has 0 saturated carbocycles. The van der Waals surface area contributed by atoms with Crippen LogP contribution in [0.3, 0.4) is 0 Å². The van der Waals surface area contributed by atoms with E-state index in [1.54, 1.807) is 6.08 Å². The largest absolute Gasteiger partial charge is 0.392 e. The monoisotopic (exact) mass is 198 g/mol. The Morgan fingerprint density at radius 3 is 2.60 bits per heavy atom. The van der Waals surface area contributed by atoms with E-state index >= 15 is 0 Å². The quantitative estimate of drug-likeness (QED) is 0.572. The topological polar surface area (TPSA) is 20.2 Å². The van der Waals surface area contributed by atoms with Gasteiger partial charge in [0, 0.05) is 5.56 Å². The van der Waals surface area contributed by atoms with Crippen molar-refractivity contribution in [2.24, 2.45) is 0 Å². The van der Waals surface area contributed by atoms with Crippen LogP contribution in [0, 0.1) is 11.8 Å². The number of aliphatic hydroxyl groups is 1. The third-order valence-corrected chi connectivity index (χ3v) is 1.91. The van der Waals surface area contributed by atoms with Gasteiger partial charge in [-0.15, -0.1) is 0 Å². The fourth-order valence-corrected chi connectivity index (χ4v) is 1.08. The minimum atomic E-state index is 0.0725. The first-order valence-electron chi connectivity index (χ1n) is 4.77. The van der Waals surface area contributed by atoms with E-state index < -0.39 is 0 Å². The van der Waals surface area contributed by atoms with Crippen molar-refractivity contribution < 1.29 is 5.11 Å². The molecule has 0 heterocycles. The number of benzene rings is 1. The molecule has 0 aliphatic carbocycles.